The van der Waals surface area contributed by atoms with Gasteiger partial charge in [-0.3, -0.25) is 4.79 Å². The summed E-state index contributed by atoms with van der Waals surface area (Å²) in [6.45, 7) is 2.07. The standard InChI is InChI=1S/C13H19NO4S/c1-19-9-11-2-3-12(18-11)13(16)14-4-5-17-8-10(6-14)7-15/h2-3,10,15H,4-9H2,1H3. The Morgan fingerprint density at radius 3 is 3.16 bits per heavy atom. The number of carbonyl (C=O) groups is 1. The molecule has 0 bridgehead atoms. The zero-order valence-corrected chi connectivity index (χ0v) is 11.8. The van der Waals surface area contributed by atoms with E-state index in [1.807, 2.05) is 12.3 Å². The van der Waals surface area contributed by atoms with Crippen molar-refractivity contribution >= 4 is 17.7 Å². The molecule has 5 nitrogen and oxygen atoms in total. The molecule has 2 heterocycles. The zero-order chi connectivity index (χ0) is 13.7. The van der Waals surface area contributed by atoms with Crippen LogP contribution in [-0.2, 0) is 10.5 Å². The molecule has 1 aliphatic heterocycles. The SMILES string of the molecule is CSCc1ccc(C(=O)N2CCOCC(CO)C2)o1. The molecule has 1 saturated heterocycles. The zero-order valence-electron chi connectivity index (χ0n) is 11.0. The molecule has 1 N–H and O–H groups in total. The number of hydrogen-bond acceptors (Lipinski definition) is 5. The van der Waals surface area contributed by atoms with Crippen molar-refractivity contribution in [3.05, 3.63) is 23.7 Å². The van der Waals surface area contributed by atoms with Gasteiger partial charge in [0.05, 0.1) is 19.0 Å². The summed E-state index contributed by atoms with van der Waals surface area (Å²) < 4.78 is 10.9. The molecule has 1 aromatic heterocycles. The highest BCUT2D eigenvalue weighted by molar-refractivity contribution is 7.97. The minimum atomic E-state index is -0.128. The van der Waals surface area contributed by atoms with E-state index in [4.69, 9.17) is 9.15 Å². The van der Waals surface area contributed by atoms with E-state index in [2.05, 4.69) is 0 Å². The molecule has 1 amide bonds. The second-order valence-corrected chi connectivity index (χ2v) is 5.44. The molecular formula is C13H19NO4S. The Balaban J connectivity index is 2.04. The maximum atomic E-state index is 12.3. The van der Waals surface area contributed by atoms with Gasteiger partial charge in [0.15, 0.2) is 5.76 Å². The Morgan fingerprint density at radius 2 is 2.42 bits per heavy atom. The maximum Gasteiger partial charge on any atom is 0.289 e. The number of nitrogens with zero attached hydrogens (tertiary/aromatic N) is 1. The van der Waals surface area contributed by atoms with Crippen LogP contribution >= 0.6 is 11.8 Å². The Labute approximate surface area is 116 Å². The van der Waals surface area contributed by atoms with Crippen LogP contribution in [0.25, 0.3) is 0 Å². The first kappa shape index (κ1) is 14.4. The minimum Gasteiger partial charge on any atom is -0.455 e. The largest absolute Gasteiger partial charge is 0.455 e. The van der Waals surface area contributed by atoms with Crippen molar-refractivity contribution in [2.75, 3.05) is 39.2 Å². The molecule has 19 heavy (non-hydrogen) atoms. The molecule has 0 radical (unpaired) electrons. The quantitative estimate of drug-likeness (QED) is 0.901. The van der Waals surface area contributed by atoms with Gasteiger partial charge in [0.2, 0.25) is 0 Å². The third-order valence-electron chi connectivity index (χ3n) is 3.04. The molecule has 0 aliphatic carbocycles. The van der Waals surface area contributed by atoms with Crippen LogP contribution in [-0.4, -0.2) is 55.1 Å². The number of thioether (sulfide) groups is 1. The van der Waals surface area contributed by atoms with Gasteiger partial charge in [0.1, 0.15) is 5.76 Å². The normalized spacial score (nSPS) is 20.3. The number of hydrogen-bond donors (Lipinski definition) is 1. The molecule has 6 heteroatoms. The molecule has 1 aliphatic rings. The lowest BCUT2D eigenvalue weighted by Gasteiger charge is -2.21. The second kappa shape index (κ2) is 6.98. The van der Waals surface area contributed by atoms with Gasteiger partial charge in [-0.2, -0.15) is 11.8 Å². The Bertz CT molecular complexity index is 421. The van der Waals surface area contributed by atoms with E-state index in [0.29, 0.717) is 32.1 Å². The second-order valence-electron chi connectivity index (χ2n) is 4.57. The van der Waals surface area contributed by atoms with Gasteiger partial charge in [-0.25, -0.2) is 0 Å². The topological polar surface area (TPSA) is 62.9 Å². The minimum absolute atomic E-state index is 0.0212. The van der Waals surface area contributed by atoms with Crippen LogP contribution in [0, 0.1) is 5.92 Å². The van der Waals surface area contributed by atoms with E-state index in [0.717, 1.165) is 11.5 Å². The third kappa shape index (κ3) is 3.75. The molecule has 1 fully saturated rings. The lowest BCUT2D eigenvalue weighted by Crippen LogP contribution is -2.36. The fourth-order valence-corrected chi connectivity index (χ4v) is 2.48. The van der Waals surface area contributed by atoms with Gasteiger partial charge >= 0.3 is 0 Å². The van der Waals surface area contributed by atoms with E-state index in [1.165, 1.54) is 0 Å². The van der Waals surface area contributed by atoms with Gasteiger partial charge in [0.25, 0.3) is 5.91 Å². The van der Waals surface area contributed by atoms with Crippen LogP contribution in [0.5, 0.6) is 0 Å². The Morgan fingerprint density at radius 1 is 1.58 bits per heavy atom. The number of rotatable bonds is 4. The predicted molar refractivity (Wildman–Crippen MR) is 73.2 cm³/mol. The highest BCUT2D eigenvalue weighted by Crippen LogP contribution is 2.16. The average molecular weight is 285 g/mol. The molecule has 0 saturated carbocycles. The van der Waals surface area contributed by atoms with Crippen molar-refractivity contribution in [1.29, 1.82) is 0 Å². The molecule has 2 rings (SSSR count). The van der Waals surface area contributed by atoms with Gasteiger partial charge in [-0.05, 0) is 18.4 Å². The number of aliphatic hydroxyl groups is 1. The lowest BCUT2D eigenvalue weighted by molar-refractivity contribution is 0.0695. The van der Waals surface area contributed by atoms with E-state index in [9.17, 15) is 9.90 Å². The number of furan rings is 1. The summed E-state index contributed by atoms with van der Waals surface area (Å²) in [5, 5.41) is 9.22. The van der Waals surface area contributed by atoms with Gasteiger partial charge in [-0.1, -0.05) is 0 Å². The van der Waals surface area contributed by atoms with E-state index < -0.39 is 0 Å². The molecule has 1 atom stereocenters. The monoisotopic (exact) mass is 285 g/mol. The maximum absolute atomic E-state index is 12.3. The molecule has 1 aromatic rings. The first-order valence-corrected chi connectivity index (χ1v) is 7.69. The summed E-state index contributed by atoms with van der Waals surface area (Å²) in [4.78, 5) is 14.0. The van der Waals surface area contributed by atoms with Crippen LogP contribution in [0.4, 0.5) is 0 Å². The van der Waals surface area contributed by atoms with Crippen molar-refractivity contribution in [2.45, 2.75) is 5.75 Å². The summed E-state index contributed by atoms with van der Waals surface area (Å²) in [5.41, 5.74) is 0. The van der Waals surface area contributed by atoms with Crippen LogP contribution in [0.15, 0.2) is 16.5 Å². The predicted octanol–water partition coefficient (Wildman–Crippen LogP) is 1.22. The fourth-order valence-electron chi connectivity index (χ4n) is 2.04. The lowest BCUT2D eigenvalue weighted by atomic mass is 10.1. The Hall–Kier alpha value is -0.980. The molecule has 1 unspecified atom stereocenters. The van der Waals surface area contributed by atoms with Crippen LogP contribution < -0.4 is 0 Å². The van der Waals surface area contributed by atoms with E-state index >= 15 is 0 Å². The van der Waals surface area contributed by atoms with Crippen LogP contribution in [0.1, 0.15) is 16.3 Å². The summed E-state index contributed by atoms with van der Waals surface area (Å²) in [6, 6.07) is 3.55. The average Bonchev–Trinajstić information content (AvgIpc) is 2.75. The van der Waals surface area contributed by atoms with E-state index in [1.54, 1.807) is 22.7 Å². The number of ether oxygens (including phenoxy) is 1. The van der Waals surface area contributed by atoms with Gasteiger partial charge in [-0.15, -0.1) is 0 Å². The fraction of sp³-hybridized carbons (Fsp3) is 0.615. The van der Waals surface area contributed by atoms with E-state index in [-0.39, 0.29) is 18.4 Å². The van der Waals surface area contributed by atoms with Crippen LogP contribution in [0.2, 0.25) is 0 Å². The third-order valence-corrected chi connectivity index (χ3v) is 3.62. The smallest absolute Gasteiger partial charge is 0.289 e. The first-order valence-electron chi connectivity index (χ1n) is 6.30. The van der Waals surface area contributed by atoms with Crippen molar-refractivity contribution in [3.8, 4) is 0 Å². The summed E-state index contributed by atoms with van der Waals surface area (Å²) in [6.07, 6.45) is 1.99. The number of amides is 1. The van der Waals surface area contributed by atoms with Gasteiger partial charge < -0.3 is 19.2 Å². The molecule has 106 valence electrons. The van der Waals surface area contributed by atoms with Crippen molar-refractivity contribution in [2.24, 2.45) is 5.92 Å². The van der Waals surface area contributed by atoms with Crippen molar-refractivity contribution < 1.29 is 19.1 Å². The molecular weight excluding hydrogens is 266 g/mol. The van der Waals surface area contributed by atoms with Crippen molar-refractivity contribution in [3.63, 3.8) is 0 Å². The highest BCUT2D eigenvalue weighted by Gasteiger charge is 2.24. The number of carbonyl (C=O) groups excluding carboxylic acids is 1. The highest BCUT2D eigenvalue weighted by atomic mass is 32.2. The summed E-state index contributed by atoms with van der Waals surface area (Å²) in [7, 11) is 0. The first-order chi connectivity index (χ1) is 9.24. The summed E-state index contributed by atoms with van der Waals surface area (Å²) in [5.74, 6) is 1.78. The van der Waals surface area contributed by atoms with Gasteiger partial charge in [0, 0.05) is 25.6 Å². The number of aliphatic hydroxyl groups excluding tert-OH is 1. The van der Waals surface area contributed by atoms with Crippen LogP contribution in [0.3, 0.4) is 0 Å². The molecule has 0 spiro atoms. The summed E-state index contributed by atoms with van der Waals surface area (Å²) >= 11 is 1.65. The Kier molecular flexibility index (Phi) is 5.30. The molecule has 0 aromatic carbocycles. The van der Waals surface area contributed by atoms with Crippen molar-refractivity contribution in [1.82, 2.24) is 4.90 Å².